The van der Waals surface area contributed by atoms with Crippen LogP contribution in [0.1, 0.15) is 12.8 Å². The topological polar surface area (TPSA) is 48.1 Å². The molecule has 1 heterocycles. The second-order valence-corrected chi connectivity index (χ2v) is 4.37. The van der Waals surface area contributed by atoms with E-state index in [0.717, 1.165) is 29.0 Å². The van der Waals surface area contributed by atoms with Crippen molar-refractivity contribution < 1.29 is 4.74 Å². The van der Waals surface area contributed by atoms with E-state index in [1.807, 2.05) is 24.3 Å². The molecule has 16 heavy (non-hydrogen) atoms. The van der Waals surface area contributed by atoms with Crippen LogP contribution in [0.5, 0.6) is 5.75 Å². The normalized spacial score (nSPS) is 15.2. The fraction of sp³-hybridized carbons (Fsp3) is 0.308. The summed E-state index contributed by atoms with van der Waals surface area (Å²) in [6.07, 6.45) is 4.41. The van der Waals surface area contributed by atoms with Gasteiger partial charge in [0.05, 0.1) is 6.61 Å². The molecule has 0 atom stereocenters. The molecule has 0 bridgehead atoms. The number of aromatic nitrogens is 1. The maximum absolute atomic E-state index is 5.72. The van der Waals surface area contributed by atoms with E-state index in [2.05, 4.69) is 4.98 Å². The number of hydrogen-bond donors (Lipinski definition) is 1. The van der Waals surface area contributed by atoms with Crippen molar-refractivity contribution in [1.82, 2.24) is 4.98 Å². The van der Waals surface area contributed by atoms with Gasteiger partial charge in [0.1, 0.15) is 11.6 Å². The number of nitrogens with zero attached hydrogens (tertiary/aromatic N) is 1. The van der Waals surface area contributed by atoms with Crippen molar-refractivity contribution >= 4 is 16.6 Å². The van der Waals surface area contributed by atoms with Crippen molar-refractivity contribution in [2.24, 2.45) is 5.92 Å². The monoisotopic (exact) mass is 214 g/mol. The fourth-order valence-electron chi connectivity index (χ4n) is 1.72. The van der Waals surface area contributed by atoms with Crippen molar-refractivity contribution in [2.75, 3.05) is 12.3 Å². The molecular formula is C13H14N2O. The van der Waals surface area contributed by atoms with Crippen LogP contribution in [0, 0.1) is 5.92 Å². The van der Waals surface area contributed by atoms with Gasteiger partial charge in [0.15, 0.2) is 0 Å². The first-order valence-electron chi connectivity index (χ1n) is 5.59. The summed E-state index contributed by atoms with van der Waals surface area (Å²) in [4.78, 5) is 4.06. The molecule has 0 spiro atoms. The van der Waals surface area contributed by atoms with Crippen LogP contribution < -0.4 is 10.5 Å². The first-order chi connectivity index (χ1) is 7.81. The van der Waals surface area contributed by atoms with E-state index >= 15 is 0 Å². The van der Waals surface area contributed by atoms with Gasteiger partial charge in [-0.2, -0.15) is 0 Å². The Balaban J connectivity index is 1.87. The Morgan fingerprint density at radius 1 is 1.25 bits per heavy atom. The Hall–Kier alpha value is -1.77. The highest BCUT2D eigenvalue weighted by molar-refractivity contribution is 5.84. The van der Waals surface area contributed by atoms with Crippen molar-refractivity contribution in [3.05, 3.63) is 30.5 Å². The van der Waals surface area contributed by atoms with Crippen molar-refractivity contribution in [2.45, 2.75) is 12.8 Å². The number of fused-ring (bicyclic) bond motifs is 1. The number of pyridine rings is 1. The fourth-order valence-corrected chi connectivity index (χ4v) is 1.72. The first kappa shape index (κ1) is 9.46. The molecule has 0 amide bonds. The van der Waals surface area contributed by atoms with Crippen LogP contribution >= 0.6 is 0 Å². The zero-order chi connectivity index (χ0) is 11.0. The van der Waals surface area contributed by atoms with Crippen LogP contribution in [-0.2, 0) is 0 Å². The lowest BCUT2D eigenvalue weighted by atomic mass is 10.1. The van der Waals surface area contributed by atoms with Gasteiger partial charge in [0.25, 0.3) is 0 Å². The minimum Gasteiger partial charge on any atom is -0.493 e. The van der Waals surface area contributed by atoms with Crippen molar-refractivity contribution in [3.8, 4) is 5.75 Å². The molecule has 1 fully saturated rings. The molecule has 0 radical (unpaired) electrons. The minimum atomic E-state index is 0.548. The lowest BCUT2D eigenvalue weighted by Gasteiger charge is -2.06. The third-order valence-electron chi connectivity index (χ3n) is 2.90. The van der Waals surface area contributed by atoms with Crippen LogP contribution in [0.2, 0.25) is 0 Å². The molecule has 3 rings (SSSR count). The second-order valence-electron chi connectivity index (χ2n) is 4.37. The summed E-state index contributed by atoms with van der Waals surface area (Å²) in [6.45, 7) is 0.839. The number of rotatable bonds is 3. The quantitative estimate of drug-likeness (QED) is 0.854. The average Bonchev–Trinajstić information content (AvgIpc) is 3.09. The third kappa shape index (κ3) is 1.94. The van der Waals surface area contributed by atoms with E-state index in [4.69, 9.17) is 10.5 Å². The summed E-state index contributed by atoms with van der Waals surface area (Å²) in [7, 11) is 0. The Morgan fingerprint density at radius 3 is 2.94 bits per heavy atom. The summed E-state index contributed by atoms with van der Waals surface area (Å²) in [5, 5.41) is 2.17. The molecule has 3 heteroatoms. The molecule has 82 valence electrons. The maximum Gasteiger partial charge on any atom is 0.123 e. The summed E-state index contributed by atoms with van der Waals surface area (Å²) in [5.74, 6) is 2.25. The summed E-state index contributed by atoms with van der Waals surface area (Å²) >= 11 is 0. The number of nitrogens with two attached hydrogens (primary N) is 1. The van der Waals surface area contributed by atoms with Crippen LogP contribution in [0.15, 0.2) is 30.5 Å². The van der Waals surface area contributed by atoms with E-state index in [9.17, 15) is 0 Å². The SMILES string of the molecule is Nc1cc2cc(OCC3CC3)ccc2cn1. The van der Waals surface area contributed by atoms with Crippen LogP contribution in [0.3, 0.4) is 0 Å². The van der Waals surface area contributed by atoms with Crippen molar-refractivity contribution in [3.63, 3.8) is 0 Å². The van der Waals surface area contributed by atoms with Crippen molar-refractivity contribution in [1.29, 1.82) is 0 Å². The van der Waals surface area contributed by atoms with Gasteiger partial charge in [-0.3, -0.25) is 0 Å². The number of anilines is 1. The summed E-state index contributed by atoms with van der Waals surface area (Å²) in [6, 6.07) is 7.90. The lowest BCUT2D eigenvalue weighted by Crippen LogP contribution is -1.98. The molecular weight excluding hydrogens is 200 g/mol. The van der Waals surface area contributed by atoms with Gasteiger partial charge in [-0.25, -0.2) is 4.98 Å². The third-order valence-corrected chi connectivity index (χ3v) is 2.90. The highest BCUT2D eigenvalue weighted by Gasteiger charge is 2.21. The Labute approximate surface area is 94.2 Å². The van der Waals surface area contributed by atoms with Gasteiger partial charge in [-0.05, 0) is 48.4 Å². The molecule has 1 aromatic carbocycles. The van der Waals surface area contributed by atoms with Gasteiger partial charge < -0.3 is 10.5 Å². The van der Waals surface area contributed by atoms with E-state index in [0.29, 0.717) is 5.82 Å². The highest BCUT2D eigenvalue weighted by atomic mass is 16.5. The largest absolute Gasteiger partial charge is 0.493 e. The molecule has 2 aromatic rings. The second kappa shape index (κ2) is 3.67. The van der Waals surface area contributed by atoms with E-state index in [-0.39, 0.29) is 0 Å². The van der Waals surface area contributed by atoms with Gasteiger partial charge in [-0.1, -0.05) is 0 Å². The molecule has 2 N–H and O–H groups in total. The molecule has 1 aliphatic rings. The lowest BCUT2D eigenvalue weighted by molar-refractivity contribution is 0.300. The zero-order valence-electron chi connectivity index (χ0n) is 9.02. The number of benzene rings is 1. The minimum absolute atomic E-state index is 0.548. The maximum atomic E-state index is 5.72. The van der Waals surface area contributed by atoms with E-state index in [1.54, 1.807) is 6.20 Å². The molecule has 1 aromatic heterocycles. The Morgan fingerprint density at radius 2 is 2.12 bits per heavy atom. The molecule has 0 saturated heterocycles. The van der Waals surface area contributed by atoms with Gasteiger partial charge in [-0.15, -0.1) is 0 Å². The average molecular weight is 214 g/mol. The van der Waals surface area contributed by atoms with Gasteiger partial charge in [0.2, 0.25) is 0 Å². The van der Waals surface area contributed by atoms with Crippen LogP contribution in [-0.4, -0.2) is 11.6 Å². The van der Waals surface area contributed by atoms with Gasteiger partial charge >= 0.3 is 0 Å². The molecule has 1 aliphatic carbocycles. The standard InChI is InChI=1S/C13H14N2O/c14-13-6-11-5-12(16-8-9-1-2-9)4-3-10(11)7-15-13/h3-7,9H,1-2,8H2,(H2,14,15). The molecule has 0 aliphatic heterocycles. The molecule has 1 saturated carbocycles. The van der Waals surface area contributed by atoms with Gasteiger partial charge in [0, 0.05) is 11.6 Å². The molecule has 0 unspecified atom stereocenters. The number of nitrogen functional groups attached to an aromatic ring is 1. The first-order valence-corrected chi connectivity index (χ1v) is 5.59. The smallest absolute Gasteiger partial charge is 0.123 e. The van der Waals surface area contributed by atoms with E-state index < -0.39 is 0 Å². The van der Waals surface area contributed by atoms with E-state index in [1.165, 1.54) is 12.8 Å². The Bertz CT molecular complexity index is 520. The summed E-state index contributed by atoms with van der Waals surface area (Å²) in [5.41, 5.74) is 5.65. The zero-order valence-corrected chi connectivity index (χ0v) is 9.02. The Kier molecular flexibility index (Phi) is 2.17. The summed E-state index contributed by atoms with van der Waals surface area (Å²) < 4.78 is 5.72. The van der Waals surface area contributed by atoms with Crippen LogP contribution in [0.25, 0.3) is 10.8 Å². The van der Waals surface area contributed by atoms with Crippen LogP contribution in [0.4, 0.5) is 5.82 Å². The molecule has 3 nitrogen and oxygen atoms in total. The predicted molar refractivity (Wildman–Crippen MR) is 64.4 cm³/mol. The number of hydrogen-bond acceptors (Lipinski definition) is 3. The number of ether oxygens (including phenoxy) is 1. The highest BCUT2D eigenvalue weighted by Crippen LogP contribution is 2.30. The predicted octanol–water partition coefficient (Wildman–Crippen LogP) is 2.61.